The molecule has 7 nitrogen and oxygen atoms in total. The fraction of sp³-hybridized carbons (Fsp3) is 0.333. The summed E-state index contributed by atoms with van der Waals surface area (Å²) in [4.78, 5) is 4.01. The number of rotatable bonds is 4. The summed E-state index contributed by atoms with van der Waals surface area (Å²) in [5, 5.41) is 11.9. The van der Waals surface area contributed by atoms with Gasteiger partial charge in [-0.15, -0.1) is 10.2 Å². The first-order chi connectivity index (χ1) is 14.1. The molecule has 2 aromatic heterocycles. The van der Waals surface area contributed by atoms with Crippen molar-refractivity contribution in [2.45, 2.75) is 31.4 Å². The topological polar surface area (TPSA) is 95.1 Å². The van der Waals surface area contributed by atoms with E-state index in [1.54, 1.807) is 14.0 Å². The summed E-state index contributed by atoms with van der Waals surface area (Å²) in [7, 11) is 1.56. The van der Waals surface area contributed by atoms with E-state index in [4.69, 9.17) is 33.4 Å². The molecule has 0 atom stereocenters. The molecule has 2 N–H and O–H groups in total. The predicted molar refractivity (Wildman–Crippen MR) is 106 cm³/mol. The van der Waals surface area contributed by atoms with E-state index in [9.17, 15) is 13.2 Å². The minimum atomic E-state index is -4.60. The van der Waals surface area contributed by atoms with Crippen LogP contribution in [-0.2, 0) is 11.6 Å². The molecule has 30 heavy (non-hydrogen) atoms. The number of halogens is 5. The highest BCUT2D eigenvalue weighted by Crippen LogP contribution is 2.56. The van der Waals surface area contributed by atoms with Crippen molar-refractivity contribution in [2.75, 3.05) is 12.8 Å². The van der Waals surface area contributed by atoms with Gasteiger partial charge >= 0.3 is 6.18 Å². The lowest BCUT2D eigenvalue weighted by molar-refractivity contribution is -0.137. The van der Waals surface area contributed by atoms with E-state index in [1.807, 2.05) is 0 Å². The number of benzene rings is 1. The van der Waals surface area contributed by atoms with Gasteiger partial charge in [0.15, 0.2) is 0 Å². The molecule has 3 aromatic rings. The Morgan fingerprint density at radius 3 is 2.33 bits per heavy atom. The first kappa shape index (κ1) is 20.7. The highest BCUT2D eigenvalue weighted by molar-refractivity contribution is 6.38. The minimum Gasteiger partial charge on any atom is -0.425 e. The number of alkyl halides is 3. The number of nitrogen functional groups attached to an aromatic ring is 1. The van der Waals surface area contributed by atoms with Crippen LogP contribution < -0.4 is 5.73 Å². The highest BCUT2D eigenvalue weighted by atomic mass is 35.5. The van der Waals surface area contributed by atoms with E-state index in [0.717, 1.165) is 12.1 Å². The van der Waals surface area contributed by atoms with Crippen LogP contribution >= 0.6 is 23.2 Å². The van der Waals surface area contributed by atoms with Crippen molar-refractivity contribution in [2.24, 2.45) is 4.99 Å². The second kappa shape index (κ2) is 6.98. The van der Waals surface area contributed by atoms with Crippen LogP contribution in [0.4, 0.5) is 19.0 Å². The summed E-state index contributed by atoms with van der Waals surface area (Å²) < 4.78 is 46.1. The van der Waals surface area contributed by atoms with Crippen molar-refractivity contribution in [1.82, 2.24) is 20.0 Å². The number of hydrogen-bond acceptors (Lipinski definition) is 6. The third-order valence-corrected chi connectivity index (χ3v) is 5.50. The number of anilines is 1. The van der Waals surface area contributed by atoms with Gasteiger partial charge in [0.05, 0.1) is 21.0 Å². The second-order valence-corrected chi connectivity index (χ2v) is 7.75. The molecule has 1 aliphatic carbocycles. The molecule has 1 fully saturated rings. The van der Waals surface area contributed by atoms with Crippen LogP contribution in [-0.4, -0.2) is 33.2 Å². The largest absolute Gasteiger partial charge is 0.425 e. The smallest absolute Gasteiger partial charge is 0.416 e. The Morgan fingerprint density at radius 2 is 1.87 bits per heavy atom. The first-order valence-electron chi connectivity index (χ1n) is 8.77. The SMILES string of the molecule is CN=Cc1nn(-c2c(Cl)cc(C(F)(F)F)cc2Cl)c(N)c1C1(c2nnc(C)o2)CC1. The maximum atomic E-state index is 13.1. The Kier molecular flexibility index (Phi) is 4.81. The molecule has 0 saturated heterocycles. The summed E-state index contributed by atoms with van der Waals surface area (Å²) in [5.41, 5.74) is 5.83. The average Bonchev–Trinajstić information content (AvgIpc) is 3.21. The normalized spacial score (nSPS) is 15.8. The Bertz CT molecular complexity index is 1140. The van der Waals surface area contributed by atoms with Crippen molar-refractivity contribution in [3.63, 3.8) is 0 Å². The van der Waals surface area contributed by atoms with Crippen molar-refractivity contribution < 1.29 is 17.6 Å². The maximum Gasteiger partial charge on any atom is 0.416 e. The third kappa shape index (κ3) is 3.24. The lowest BCUT2D eigenvalue weighted by Crippen LogP contribution is -2.14. The molecule has 158 valence electrons. The molecule has 0 amide bonds. The van der Waals surface area contributed by atoms with Gasteiger partial charge in [0, 0.05) is 25.7 Å². The van der Waals surface area contributed by atoms with Gasteiger partial charge < -0.3 is 10.2 Å². The average molecular weight is 459 g/mol. The van der Waals surface area contributed by atoms with Gasteiger partial charge in [0.1, 0.15) is 17.2 Å². The van der Waals surface area contributed by atoms with E-state index in [2.05, 4.69) is 20.3 Å². The van der Waals surface area contributed by atoms with Gasteiger partial charge in [-0.2, -0.15) is 18.3 Å². The highest BCUT2D eigenvalue weighted by Gasteiger charge is 2.54. The lowest BCUT2D eigenvalue weighted by Gasteiger charge is -2.14. The molecule has 0 bridgehead atoms. The molecule has 1 saturated carbocycles. The van der Waals surface area contributed by atoms with Gasteiger partial charge in [-0.3, -0.25) is 4.99 Å². The first-order valence-corrected chi connectivity index (χ1v) is 9.52. The number of nitrogens with two attached hydrogens (primary N) is 1. The van der Waals surface area contributed by atoms with Crippen molar-refractivity contribution >= 4 is 35.2 Å². The number of hydrogen-bond donors (Lipinski definition) is 1. The van der Waals surface area contributed by atoms with Crippen LogP contribution in [0.1, 0.15) is 41.4 Å². The molecule has 0 radical (unpaired) electrons. The van der Waals surface area contributed by atoms with Crippen molar-refractivity contribution in [1.29, 1.82) is 0 Å². The Hall–Kier alpha value is -2.59. The summed E-state index contributed by atoms with van der Waals surface area (Å²) in [6.45, 7) is 1.68. The fourth-order valence-corrected chi connectivity index (χ4v) is 4.09. The summed E-state index contributed by atoms with van der Waals surface area (Å²) in [5.74, 6) is 0.949. The summed E-state index contributed by atoms with van der Waals surface area (Å²) in [6.07, 6.45) is -1.73. The van der Waals surface area contributed by atoms with E-state index >= 15 is 0 Å². The fourth-order valence-electron chi connectivity index (χ4n) is 3.44. The van der Waals surface area contributed by atoms with Crippen molar-refractivity contribution in [3.05, 3.63) is 50.8 Å². The van der Waals surface area contributed by atoms with Crippen molar-refractivity contribution in [3.8, 4) is 5.69 Å². The van der Waals surface area contributed by atoms with Gasteiger partial charge in [0.25, 0.3) is 0 Å². The van der Waals surface area contributed by atoms with E-state index in [-0.39, 0.29) is 21.6 Å². The number of nitrogens with zero attached hydrogens (tertiary/aromatic N) is 5. The molecule has 2 heterocycles. The summed E-state index contributed by atoms with van der Waals surface area (Å²) >= 11 is 12.3. The van der Waals surface area contributed by atoms with Gasteiger partial charge in [0.2, 0.25) is 11.8 Å². The van der Waals surface area contributed by atoms with Crippen LogP contribution in [0.5, 0.6) is 0 Å². The monoisotopic (exact) mass is 458 g/mol. The Labute approximate surface area is 178 Å². The van der Waals surface area contributed by atoms with Crippen LogP contribution in [0.25, 0.3) is 5.69 Å². The maximum absolute atomic E-state index is 13.1. The molecule has 12 heteroatoms. The molecule has 0 spiro atoms. The zero-order chi connectivity index (χ0) is 21.8. The number of aliphatic imine (C=N–C) groups is 1. The van der Waals surface area contributed by atoms with Crippen LogP contribution in [0.3, 0.4) is 0 Å². The van der Waals surface area contributed by atoms with E-state index in [1.165, 1.54) is 10.9 Å². The Balaban J connectivity index is 1.92. The Morgan fingerprint density at radius 1 is 1.23 bits per heavy atom. The van der Waals surface area contributed by atoms with Gasteiger partial charge in [-0.25, -0.2) is 4.68 Å². The number of aryl methyl sites for hydroxylation is 1. The molecule has 0 aliphatic heterocycles. The molecule has 4 rings (SSSR count). The van der Waals surface area contributed by atoms with Crippen LogP contribution in [0.2, 0.25) is 10.0 Å². The standard InChI is InChI=1S/C18H15Cl2F3N6O/c1-8-26-27-16(30-8)17(3-4-17)13-12(7-25-2)28-29(15(13)24)14-10(19)5-9(6-11(14)20)18(21,22)23/h5-7H,3-4,24H2,1-2H3. The predicted octanol–water partition coefficient (Wildman–Crippen LogP) is 4.60. The second-order valence-electron chi connectivity index (χ2n) is 6.94. The molecular formula is C18H15Cl2F3N6O. The van der Waals surface area contributed by atoms with E-state index in [0.29, 0.717) is 35.9 Å². The van der Waals surface area contributed by atoms with Crippen LogP contribution in [0.15, 0.2) is 21.5 Å². The zero-order valence-corrected chi connectivity index (χ0v) is 17.3. The third-order valence-electron chi connectivity index (χ3n) is 4.92. The quantitative estimate of drug-likeness (QED) is 0.576. The van der Waals surface area contributed by atoms with Gasteiger partial charge in [-0.05, 0) is 25.0 Å². The molecule has 0 unspecified atom stereocenters. The molecule has 1 aromatic carbocycles. The van der Waals surface area contributed by atoms with Crippen LogP contribution in [0, 0.1) is 6.92 Å². The molecular weight excluding hydrogens is 444 g/mol. The van der Waals surface area contributed by atoms with Gasteiger partial charge in [-0.1, -0.05) is 23.2 Å². The number of aromatic nitrogens is 4. The zero-order valence-electron chi connectivity index (χ0n) is 15.8. The summed E-state index contributed by atoms with van der Waals surface area (Å²) in [6, 6.07) is 1.57. The van der Waals surface area contributed by atoms with E-state index < -0.39 is 17.2 Å². The lowest BCUT2D eigenvalue weighted by atomic mass is 9.95. The molecule has 1 aliphatic rings. The minimum absolute atomic E-state index is 0.0401.